The van der Waals surface area contributed by atoms with Crippen LogP contribution >= 0.6 is 0 Å². The van der Waals surface area contributed by atoms with Gasteiger partial charge in [-0.05, 0) is 61.4 Å². The molecule has 1 atom stereocenters. The Kier molecular flexibility index (Phi) is 6.18. The summed E-state index contributed by atoms with van der Waals surface area (Å²) < 4.78 is 34.4. The van der Waals surface area contributed by atoms with Crippen LogP contribution in [0, 0.1) is 11.6 Å². The average molecular weight is 491 g/mol. The number of ether oxygens (including phenoxy) is 1. The maximum Gasteiger partial charge on any atom is 0.300 e. The maximum atomic E-state index is 15.1. The van der Waals surface area contributed by atoms with Crippen molar-refractivity contribution in [2.45, 2.75) is 18.9 Å². The maximum absolute atomic E-state index is 15.1. The average Bonchev–Trinajstić information content (AvgIpc) is 3.51. The number of anilines is 2. The molecule has 1 amide bonds. The van der Waals surface area contributed by atoms with Gasteiger partial charge in [-0.2, -0.15) is 0 Å². The molecule has 0 bridgehead atoms. The number of halogens is 2. The van der Waals surface area contributed by atoms with E-state index in [1.165, 1.54) is 36.3 Å². The summed E-state index contributed by atoms with van der Waals surface area (Å²) in [6.45, 7) is 1.88. The minimum Gasteiger partial charge on any atom is -0.507 e. The third-order valence-corrected chi connectivity index (χ3v) is 6.66. The molecule has 3 aromatic carbocycles. The van der Waals surface area contributed by atoms with Crippen molar-refractivity contribution in [3.05, 3.63) is 95.1 Å². The van der Waals surface area contributed by atoms with Gasteiger partial charge < -0.3 is 14.7 Å². The first-order valence-corrected chi connectivity index (χ1v) is 11.6. The van der Waals surface area contributed by atoms with Crippen LogP contribution in [-0.4, -0.2) is 37.0 Å². The molecule has 2 aliphatic rings. The monoisotopic (exact) mass is 490 g/mol. The molecule has 6 nitrogen and oxygen atoms in total. The normalized spacial score (nSPS) is 19.2. The second kappa shape index (κ2) is 9.45. The molecule has 5 rings (SSSR count). The molecule has 0 saturated carbocycles. The Morgan fingerprint density at radius 3 is 2.28 bits per heavy atom. The minimum absolute atomic E-state index is 0.0252. The highest BCUT2D eigenvalue weighted by molar-refractivity contribution is 6.51. The topological polar surface area (TPSA) is 70.1 Å². The van der Waals surface area contributed by atoms with Crippen LogP contribution in [0.5, 0.6) is 5.75 Å². The highest BCUT2D eigenvalue weighted by Gasteiger charge is 2.48. The Bertz CT molecular complexity index is 1360. The number of benzene rings is 3. The predicted molar refractivity (Wildman–Crippen MR) is 132 cm³/mol. The molecule has 0 aromatic heterocycles. The van der Waals surface area contributed by atoms with Gasteiger partial charge in [-0.1, -0.05) is 18.2 Å². The minimum atomic E-state index is -1.27. The van der Waals surface area contributed by atoms with Gasteiger partial charge in [0.05, 0.1) is 24.3 Å². The summed E-state index contributed by atoms with van der Waals surface area (Å²) in [5.41, 5.74) is 0.925. The Balaban J connectivity index is 1.68. The van der Waals surface area contributed by atoms with Gasteiger partial charge in [0.15, 0.2) is 0 Å². The largest absolute Gasteiger partial charge is 0.507 e. The molecule has 2 aliphatic heterocycles. The number of nitrogens with zero attached hydrogens (tertiary/aromatic N) is 2. The molecular weight excluding hydrogens is 466 g/mol. The highest BCUT2D eigenvalue weighted by atomic mass is 19.1. The van der Waals surface area contributed by atoms with E-state index in [0.717, 1.165) is 43.8 Å². The standard InChI is InChI=1S/C28H24F2N2O4/c1-36-23-13-8-17(29)16-21(23)26(33)24-25(20-6-2-3-7-22(20)30)32(28(35)27(24)34)19-11-9-18(10-12-19)31-14-4-5-15-31/h2-3,6-13,16,25,33H,4-5,14-15H2,1H3/b26-24+. The van der Waals surface area contributed by atoms with Crippen LogP contribution in [0.4, 0.5) is 20.2 Å². The number of aliphatic hydroxyl groups excluding tert-OH is 1. The second-order valence-corrected chi connectivity index (χ2v) is 8.75. The van der Waals surface area contributed by atoms with E-state index in [4.69, 9.17) is 4.74 Å². The molecule has 2 saturated heterocycles. The number of aliphatic hydroxyl groups is 1. The van der Waals surface area contributed by atoms with Crippen LogP contribution in [0.1, 0.15) is 30.0 Å². The lowest BCUT2D eigenvalue weighted by Crippen LogP contribution is -2.30. The number of amides is 1. The van der Waals surface area contributed by atoms with Crippen molar-refractivity contribution in [2.75, 3.05) is 30.0 Å². The fraction of sp³-hybridized carbons (Fsp3) is 0.214. The lowest BCUT2D eigenvalue weighted by Gasteiger charge is -2.26. The Hall–Kier alpha value is -4.20. The van der Waals surface area contributed by atoms with E-state index in [0.29, 0.717) is 5.69 Å². The van der Waals surface area contributed by atoms with Crippen molar-refractivity contribution in [1.29, 1.82) is 0 Å². The van der Waals surface area contributed by atoms with Crippen molar-refractivity contribution >= 4 is 28.8 Å². The molecule has 0 spiro atoms. The number of Topliss-reactive ketones (excluding diaryl/α,β-unsaturated/α-hetero) is 1. The van der Waals surface area contributed by atoms with Crippen LogP contribution < -0.4 is 14.5 Å². The number of carbonyl (C=O) groups is 2. The summed E-state index contributed by atoms with van der Waals surface area (Å²) in [5, 5.41) is 11.2. The molecule has 1 N–H and O–H groups in total. The van der Waals surface area contributed by atoms with Crippen molar-refractivity contribution < 1.29 is 28.2 Å². The summed E-state index contributed by atoms with van der Waals surface area (Å²) in [4.78, 5) is 30.0. The van der Waals surface area contributed by atoms with E-state index in [1.54, 1.807) is 18.2 Å². The van der Waals surface area contributed by atoms with Gasteiger partial charge in [0.1, 0.15) is 23.1 Å². The molecular formula is C28H24F2N2O4. The number of rotatable bonds is 5. The highest BCUT2D eigenvalue weighted by Crippen LogP contribution is 2.44. The van der Waals surface area contributed by atoms with Crippen LogP contribution in [-0.2, 0) is 9.59 Å². The van der Waals surface area contributed by atoms with Crippen LogP contribution in [0.25, 0.3) is 5.76 Å². The quantitative estimate of drug-likeness (QED) is 0.303. The van der Waals surface area contributed by atoms with Gasteiger partial charge in [-0.3, -0.25) is 14.5 Å². The van der Waals surface area contributed by atoms with Crippen LogP contribution in [0.15, 0.2) is 72.3 Å². The summed E-state index contributed by atoms with van der Waals surface area (Å²) >= 11 is 0. The molecule has 0 radical (unpaired) electrons. The number of hydrogen-bond acceptors (Lipinski definition) is 5. The van der Waals surface area contributed by atoms with E-state index < -0.39 is 35.1 Å². The van der Waals surface area contributed by atoms with Crippen LogP contribution in [0.2, 0.25) is 0 Å². The third-order valence-electron chi connectivity index (χ3n) is 6.66. The second-order valence-electron chi connectivity index (χ2n) is 8.75. The molecule has 0 aliphatic carbocycles. The van der Waals surface area contributed by atoms with Gasteiger partial charge in [0.25, 0.3) is 11.7 Å². The Morgan fingerprint density at radius 2 is 1.61 bits per heavy atom. The molecule has 2 heterocycles. The van der Waals surface area contributed by atoms with Gasteiger partial charge >= 0.3 is 0 Å². The number of ketones is 1. The SMILES string of the molecule is COc1ccc(F)cc1/C(O)=C1\C(=O)C(=O)N(c2ccc(N3CCCC3)cc2)C1c1ccccc1F. The van der Waals surface area contributed by atoms with Crippen molar-refractivity contribution in [3.8, 4) is 5.75 Å². The first-order valence-electron chi connectivity index (χ1n) is 11.6. The Labute approximate surface area is 207 Å². The summed E-state index contributed by atoms with van der Waals surface area (Å²) in [5.74, 6) is -3.80. The van der Waals surface area contributed by atoms with E-state index in [-0.39, 0.29) is 22.4 Å². The number of methoxy groups -OCH3 is 1. The first-order chi connectivity index (χ1) is 17.4. The third kappa shape index (κ3) is 3.98. The van der Waals surface area contributed by atoms with E-state index in [2.05, 4.69) is 4.90 Å². The molecule has 2 fully saturated rings. The van der Waals surface area contributed by atoms with Crippen molar-refractivity contribution in [2.24, 2.45) is 0 Å². The molecule has 1 unspecified atom stereocenters. The molecule has 184 valence electrons. The molecule has 8 heteroatoms. The van der Waals surface area contributed by atoms with Gasteiger partial charge in [0, 0.05) is 30.0 Å². The van der Waals surface area contributed by atoms with Crippen molar-refractivity contribution in [1.82, 2.24) is 0 Å². The van der Waals surface area contributed by atoms with E-state index in [1.807, 2.05) is 12.1 Å². The van der Waals surface area contributed by atoms with E-state index in [9.17, 15) is 19.1 Å². The number of carbonyl (C=O) groups excluding carboxylic acids is 2. The zero-order chi connectivity index (χ0) is 25.4. The fourth-order valence-corrected chi connectivity index (χ4v) is 4.90. The smallest absolute Gasteiger partial charge is 0.300 e. The summed E-state index contributed by atoms with van der Waals surface area (Å²) in [6.07, 6.45) is 2.21. The first kappa shape index (κ1) is 23.5. The van der Waals surface area contributed by atoms with Crippen molar-refractivity contribution in [3.63, 3.8) is 0 Å². The lowest BCUT2D eigenvalue weighted by atomic mass is 9.94. The van der Waals surface area contributed by atoms with Crippen LogP contribution in [0.3, 0.4) is 0 Å². The Morgan fingerprint density at radius 1 is 0.944 bits per heavy atom. The number of hydrogen-bond donors (Lipinski definition) is 1. The lowest BCUT2D eigenvalue weighted by molar-refractivity contribution is -0.132. The van der Waals surface area contributed by atoms with Gasteiger partial charge in [0.2, 0.25) is 0 Å². The van der Waals surface area contributed by atoms with Gasteiger partial charge in [-0.25, -0.2) is 8.78 Å². The fourth-order valence-electron chi connectivity index (χ4n) is 4.90. The zero-order valence-corrected chi connectivity index (χ0v) is 19.6. The predicted octanol–water partition coefficient (Wildman–Crippen LogP) is 5.20. The zero-order valence-electron chi connectivity index (χ0n) is 19.6. The molecule has 3 aromatic rings. The van der Waals surface area contributed by atoms with E-state index >= 15 is 4.39 Å². The van der Waals surface area contributed by atoms with Gasteiger partial charge in [-0.15, -0.1) is 0 Å². The summed E-state index contributed by atoms with van der Waals surface area (Å²) in [6, 6.07) is 15.0. The molecule has 36 heavy (non-hydrogen) atoms. The summed E-state index contributed by atoms with van der Waals surface area (Å²) in [7, 11) is 1.33.